The molecule has 1 amide bonds. The van der Waals surface area contributed by atoms with Gasteiger partial charge in [0.1, 0.15) is 0 Å². The molecule has 0 aliphatic rings. The minimum absolute atomic E-state index is 0.0383. The lowest BCUT2D eigenvalue weighted by Gasteiger charge is -2.10. The van der Waals surface area contributed by atoms with Crippen molar-refractivity contribution in [2.45, 2.75) is 6.92 Å². The molecule has 0 aliphatic carbocycles. The van der Waals surface area contributed by atoms with E-state index in [4.69, 9.17) is 0 Å². The fourth-order valence-electron chi connectivity index (χ4n) is 1.01. The van der Waals surface area contributed by atoms with Gasteiger partial charge in [-0.1, -0.05) is 30.3 Å². The third-order valence-corrected chi connectivity index (χ3v) is 2.07. The van der Waals surface area contributed by atoms with E-state index in [0.717, 1.165) is 12.1 Å². The minimum atomic E-state index is 0.0383. The molecule has 2 heteroatoms. The van der Waals surface area contributed by atoms with Gasteiger partial charge in [0.2, 0.25) is 5.91 Å². The van der Waals surface area contributed by atoms with E-state index in [-0.39, 0.29) is 5.91 Å². The molecule has 14 heavy (non-hydrogen) atoms. The third-order valence-electron chi connectivity index (χ3n) is 2.07. The normalized spacial score (nSPS) is 10.4. The van der Waals surface area contributed by atoms with Gasteiger partial charge in [-0.05, 0) is 18.6 Å². The highest BCUT2D eigenvalue weighted by molar-refractivity contribution is 5.91. The summed E-state index contributed by atoms with van der Waals surface area (Å²) in [6, 6.07) is 9.80. The van der Waals surface area contributed by atoms with Crippen LogP contribution < -0.4 is 0 Å². The molecule has 0 heterocycles. The topological polar surface area (TPSA) is 20.3 Å². The smallest absolute Gasteiger partial charge is 0.246 e. The monoisotopic (exact) mass is 189 g/mol. The van der Waals surface area contributed by atoms with Crippen LogP contribution in [0.25, 0.3) is 6.08 Å². The van der Waals surface area contributed by atoms with Crippen LogP contribution in [0.15, 0.2) is 36.4 Å². The molecule has 0 spiro atoms. The van der Waals surface area contributed by atoms with Crippen molar-refractivity contribution in [1.29, 1.82) is 0 Å². The Kier molecular flexibility index (Phi) is 3.92. The summed E-state index contributed by atoms with van der Waals surface area (Å²) in [6.45, 7) is 2.69. The van der Waals surface area contributed by atoms with Gasteiger partial charge in [-0.3, -0.25) is 4.79 Å². The third kappa shape index (κ3) is 3.05. The molecule has 0 N–H and O–H groups in total. The first-order chi connectivity index (χ1) is 6.74. The SMILES string of the molecule is CCN(C)C(=O)C=Cc1ccccc1. The lowest BCUT2D eigenvalue weighted by molar-refractivity contribution is -0.124. The van der Waals surface area contributed by atoms with E-state index in [1.54, 1.807) is 18.0 Å². The second-order valence-electron chi connectivity index (χ2n) is 3.10. The molecule has 74 valence electrons. The van der Waals surface area contributed by atoms with Crippen LogP contribution in [0.5, 0.6) is 0 Å². The van der Waals surface area contributed by atoms with Crippen LogP contribution in [0.4, 0.5) is 0 Å². The fourth-order valence-corrected chi connectivity index (χ4v) is 1.01. The van der Waals surface area contributed by atoms with Crippen LogP contribution in [0.2, 0.25) is 0 Å². The van der Waals surface area contributed by atoms with Crippen LogP contribution in [0.3, 0.4) is 0 Å². The van der Waals surface area contributed by atoms with Gasteiger partial charge in [0.15, 0.2) is 0 Å². The van der Waals surface area contributed by atoms with Gasteiger partial charge >= 0.3 is 0 Å². The Morgan fingerprint density at radius 3 is 2.57 bits per heavy atom. The Hall–Kier alpha value is -1.57. The van der Waals surface area contributed by atoms with Gasteiger partial charge in [-0.25, -0.2) is 0 Å². The summed E-state index contributed by atoms with van der Waals surface area (Å²) in [7, 11) is 1.79. The number of carbonyl (C=O) groups is 1. The number of hydrogen-bond donors (Lipinski definition) is 0. The second-order valence-corrected chi connectivity index (χ2v) is 3.10. The lowest BCUT2D eigenvalue weighted by Crippen LogP contribution is -2.23. The van der Waals surface area contributed by atoms with Crippen molar-refractivity contribution >= 4 is 12.0 Å². The Bertz CT molecular complexity index is 316. The van der Waals surface area contributed by atoms with Crippen molar-refractivity contribution in [3.63, 3.8) is 0 Å². The van der Waals surface area contributed by atoms with Gasteiger partial charge in [0, 0.05) is 19.7 Å². The number of benzene rings is 1. The van der Waals surface area contributed by atoms with Gasteiger partial charge in [0.25, 0.3) is 0 Å². The molecule has 1 rings (SSSR count). The van der Waals surface area contributed by atoms with Crippen molar-refractivity contribution in [2.75, 3.05) is 13.6 Å². The molecule has 0 aromatic heterocycles. The number of likely N-dealkylation sites (N-methyl/N-ethyl adjacent to an activating group) is 1. The molecule has 1 aromatic carbocycles. The van der Waals surface area contributed by atoms with E-state index < -0.39 is 0 Å². The summed E-state index contributed by atoms with van der Waals surface area (Å²) < 4.78 is 0. The highest BCUT2D eigenvalue weighted by Gasteiger charge is 1.99. The molecule has 0 radical (unpaired) electrons. The number of hydrogen-bond acceptors (Lipinski definition) is 1. The number of rotatable bonds is 3. The average molecular weight is 189 g/mol. The van der Waals surface area contributed by atoms with Gasteiger partial charge in [0.05, 0.1) is 0 Å². The molecule has 0 bridgehead atoms. The molecular weight excluding hydrogens is 174 g/mol. The lowest BCUT2D eigenvalue weighted by atomic mass is 10.2. The molecule has 0 saturated heterocycles. The van der Waals surface area contributed by atoms with Crippen molar-refractivity contribution in [3.05, 3.63) is 42.0 Å². The Labute approximate surface area is 84.9 Å². The van der Waals surface area contributed by atoms with Crippen LogP contribution in [0, 0.1) is 0 Å². The van der Waals surface area contributed by atoms with Crippen molar-refractivity contribution in [1.82, 2.24) is 4.90 Å². The van der Waals surface area contributed by atoms with Gasteiger partial charge in [-0.2, -0.15) is 0 Å². The second kappa shape index (κ2) is 5.22. The zero-order valence-corrected chi connectivity index (χ0v) is 8.60. The summed E-state index contributed by atoms with van der Waals surface area (Å²) in [5, 5.41) is 0. The molecule has 0 aliphatic heterocycles. The van der Waals surface area contributed by atoms with Crippen LogP contribution in [-0.4, -0.2) is 24.4 Å². The zero-order valence-electron chi connectivity index (χ0n) is 8.60. The van der Waals surface area contributed by atoms with E-state index >= 15 is 0 Å². The highest BCUT2D eigenvalue weighted by Crippen LogP contribution is 2.01. The van der Waals surface area contributed by atoms with Crippen LogP contribution >= 0.6 is 0 Å². The first kappa shape index (κ1) is 10.5. The van der Waals surface area contributed by atoms with Crippen molar-refractivity contribution in [3.8, 4) is 0 Å². The Morgan fingerprint density at radius 2 is 2.00 bits per heavy atom. The first-order valence-electron chi connectivity index (χ1n) is 4.72. The molecule has 0 unspecified atom stereocenters. The van der Waals surface area contributed by atoms with E-state index in [0.29, 0.717) is 0 Å². The average Bonchev–Trinajstić information content (AvgIpc) is 2.26. The van der Waals surface area contributed by atoms with Crippen LogP contribution in [-0.2, 0) is 4.79 Å². The van der Waals surface area contributed by atoms with Crippen LogP contribution in [0.1, 0.15) is 12.5 Å². The van der Waals surface area contributed by atoms with Gasteiger partial charge in [-0.15, -0.1) is 0 Å². The zero-order chi connectivity index (χ0) is 10.4. The molecule has 1 aromatic rings. The summed E-state index contributed by atoms with van der Waals surface area (Å²) in [4.78, 5) is 13.1. The molecule has 0 saturated carbocycles. The maximum atomic E-state index is 11.4. The fraction of sp³-hybridized carbons (Fsp3) is 0.250. The van der Waals surface area contributed by atoms with Crippen molar-refractivity contribution in [2.24, 2.45) is 0 Å². The number of carbonyl (C=O) groups excluding carboxylic acids is 1. The summed E-state index contributed by atoms with van der Waals surface area (Å²) in [5.41, 5.74) is 1.05. The van der Waals surface area contributed by atoms with E-state index in [9.17, 15) is 4.79 Å². The molecule has 0 atom stereocenters. The summed E-state index contributed by atoms with van der Waals surface area (Å²) >= 11 is 0. The Balaban J connectivity index is 2.61. The predicted octanol–water partition coefficient (Wildman–Crippen LogP) is 2.18. The largest absolute Gasteiger partial charge is 0.343 e. The number of amides is 1. The summed E-state index contributed by atoms with van der Waals surface area (Å²) in [5.74, 6) is 0.0383. The van der Waals surface area contributed by atoms with Crippen molar-refractivity contribution < 1.29 is 4.79 Å². The predicted molar refractivity (Wildman–Crippen MR) is 58.8 cm³/mol. The minimum Gasteiger partial charge on any atom is -0.343 e. The Morgan fingerprint density at radius 1 is 1.36 bits per heavy atom. The molecule has 0 fully saturated rings. The van der Waals surface area contributed by atoms with E-state index in [1.165, 1.54) is 0 Å². The van der Waals surface area contributed by atoms with E-state index in [1.807, 2.05) is 43.3 Å². The first-order valence-corrected chi connectivity index (χ1v) is 4.72. The molecular formula is C12H15NO. The van der Waals surface area contributed by atoms with Gasteiger partial charge < -0.3 is 4.90 Å². The van der Waals surface area contributed by atoms with E-state index in [2.05, 4.69) is 0 Å². The quantitative estimate of drug-likeness (QED) is 0.667. The maximum Gasteiger partial charge on any atom is 0.246 e. The standard InChI is InChI=1S/C12H15NO/c1-3-13(2)12(14)10-9-11-7-5-4-6-8-11/h4-10H,3H2,1-2H3. The molecule has 2 nitrogen and oxygen atoms in total. The maximum absolute atomic E-state index is 11.4. The number of nitrogens with zero attached hydrogens (tertiary/aromatic N) is 1. The summed E-state index contributed by atoms with van der Waals surface area (Å²) in [6.07, 6.45) is 3.42. The highest BCUT2D eigenvalue weighted by atomic mass is 16.2.